The Balaban J connectivity index is 2.24. The van der Waals surface area contributed by atoms with Gasteiger partial charge in [-0.2, -0.15) is 0 Å². The van der Waals surface area contributed by atoms with Crippen LogP contribution in [0.15, 0.2) is 18.2 Å². The highest BCUT2D eigenvalue weighted by atomic mass is 19.1. The van der Waals surface area contributed by atoms with Gasteiger partial charge in [-0.3, -0.25) is 9.59 Å². The number of hydrogen-bond donors (Lipinski definition) is 1. The normalized spacial score (nSPS) is 22.6. The number of rotatable bonds is 2. The number of likely N-dealkylation sites (tertiary alicyclic amines) is 1. The summed E-state index contributed by atoms with van der Waals surface area (Å²) >= 11 is 0. The average molecular weight is 279 g/mol. The Morgan fingerprint density at radius 3 is 2.70 bits per heavy atom. The van der Waals surface area contributed by atoms with Crippen molar-refractivity contribution in [1.82, 2.24) is 4.90 Å². The number of carbonyl (C=O) groups excluding carboxylic acids is 1. The summed E-state index contributed by atoms with van der Waals surface area (Å²) in [5, 5.41) is 9.11. The zero-order valence-corrected chi connectivity index (χ0v) is 11.6. The van der Waals surface area contributed by atoms with Crippen molar-refractivity contribution < 1.29 is 19.1 Å². The number of hydrogen-bond acceptors (Lipinski definition) is 2. The molecule has 0 spiro atoms. The highest BCUT2D eigenvalue weighted by Crippen LogP contribution is 2.24. The maximum absolute atomic E-state index is 14.0. The molecular formula is C15H18FNO3. The zero-order valence-electron chi connectivity index (χ0n) is 11.6. The molecule has 0 aliphatic carbocycles. The molecule has 108 valence electrons. The molecule has 2 rings (SSSR count). The van der Waals surface area contributed by atoms with Gasteiger partial charge in [0.15, 0.2) is 0 Å². The van der Waals surface area contributed by atoms with Crippen LogP contribution in [0.2, 0.25) is 0 Å². The second-order valence-corrected chi connectivity index (χ2v) is 5.52. The quantitative estimate of drug-likeness (QED) is 0.903. The summed E-state index contributed by atoms with van der Waals surface area (Å²) in [5.74, 6) is -2.33. The van der Waals surface area contributed by atoms with E-state index in [9.17, 15) is 14.0 Å². The van der Waals surface area contributed by atoms with Gasteiger partial charge in [0.1, 0.15) is 5.82 Å². The Morgan fingerprint density at radius 2 is 2.05 bits per heavy atom. The first kappa shape index (κ1) is 14.5. The van der Waals surface area contributed by atoms with E-state index in [0.29, 0.717) is 18.5 Å². The summed E-state index contributed by atoms with van der Waals surface area (Å²) in [6, 6.07) is 4.68. The molecule has 4 nitrogen and oxygen atoms in total. The van der Waals surface area contributed by atoms with E-state index in [1.165, 1.54) is 11.0 Å². The fourth-order valence-electron chi connectivity index (χ4n) is 2.68. The summed E-state index contributed by atoms with van der Waals surface area (Å²) in [7, 11) is 0. The lowest BCUT2D eigenvalue weighted by molar-refractivity contribution is -0.143. The highest BCUT2D eigenvalue weighted by Gasteiger charge is 2.33. The third-order valence-corrected chi connectivity index (χ3v) is 3.72. The highest BCUT2D eigenvalue weighted by molar-refractivity contribution is 5.95. The van der Waals surface area contributed by atoms with E-state index in [4.69, 9.17) is 5.11 Å². The van der Waals surface area contributed by atoms with Crippen molar-refractivity contribution in [1.29, 1.82) is 0 Å². The molecule has 1 aromatic rings. The fourth-order valence-corrected chi connectivity index (χ4v) is 2.68. The number of piperidine rings is 1. The second kappa shape index (κ2) is 5.61. The molecule has 0 bridgehead atoms. The number of amides is 1. The maximum atomic E-state index is 14.0. The monoisotopic (exact) mass is 279 g/mol. The van der Waals surface area contributed by atoms with E-state index >= 15 is 0 Å². The molecule has 20 heavy (non-hydrogen) atoms. The molecule has 0 aromatic heterocycles. The Kier molecular flexibility index (Phi) is 4.06. The largest absolute Gasteiger partial charge is 0.481 e. The first-order valence-electron chi connectivity index (χ1n) is 6.67. The van der Waals surface area contributed by atoms with E-state index < -0.39 is 23.6 Å². The molecule has 1 fully saturated rings. The first-order valence-corrected chi connectivity index (χ1v) is 6.67. The number of nitrogens with zero attached hydrogens (tertiary/aromatic N) is 1. The number of aliphatic carboxylic acids is 1. The maximum Gasteiger partial charge on any atom is 0.308 e. The fraction of sp³-hybridized carbons (Fsp3) is 0.467. The number of carboxylic acid groups (broad SMARTS) is 1. The van der Waals surface area contributed by atoms with Gasteiger partial charge in [-0.1, -0.05) is 19.1 Å². The van der Waals surface area contributed by atoms with Crippen LogP contribution in [-0.2, 0) is 4.79 Å². The number of aryl methyl sites for hydroxylation is 1. The topological polar surface area (TPSA) is 57.6 Å². The van der Waals surface area contributed by atoms with Crippen LogP contribution >= 0.6 is 0 Å². The lowest BCUT2D eigenvalue weighted by atomic mass is 9.90. The molecule has 1 amide bonds. The molecule has 1 saturated heterocycles. The van der Waals surface area contributed by atoms with E-state index in [-0.39, 0.29) is 18.0 Å². The SMILES string of the molecule is Cc1cccc(C(=O)N2CC(C)CC(C(=O)O)C2)c1F. The van der Waals surface area contributed by atoms with E-state index in [1.54, 1.807) is 19.1 Å². The summed E-state index contributed by atoms with van der Waals surface area (Å²) < 4.78 is 14.0. The molecule has 1 heterocycles. The van der Waals surface area contributed by atoms with Crippen LogP contribution in [0.4, 0.5) is 4.39 Å². The van der Waals surface area contributed by atoms with Crippen LogP contribution in [0.3, 0.4) is 0 Å². The molecule has 0 radical (unpaired) electrons. The van der Waals surface area contributed by atoms with Crippen molar-refractivity contribution in [2.24, 2.45) is 11.8 Å². The van der Waals surface area contributed by atoms with Crippen LogP contribution < -0.4 is 0 Å². The lowest BCUT2D eigenvalue weighted by Crippen LogP contribution is -2.45. The van der Waals surface area contributed by atoms with Crippen molar-refractivity contribution in [3.8, 4) is 0 Å². The number of carboxylic acids is 1. The first-order chi connectivity index (χ1) is 9.40. The number of benzene rings is 1. The molecule has 2 atom stereocenters. The van der Waals surface area contributed by atoms with Gasteiger partial charge in [0.05, 0.1) is 11.5 Å². The van der Waals surface area contributed by atoms with E-state index in [2.05, 4.69) is 0 Å². The van der Waals surface area contributed by atoms with Crippen LogP contribution in [-0.4, -0.2) is 35.0 Å². The molecule has 2 unspecified atom stereocenters. The minimum atomic E-state index is -0.904. The Bertz CT molecular complexity index is 544. The zero-order chi connectivity index (χ0) is 14.9. The van der Waals surface area contributed by atoms with Crippen molar-refractivity contribution >= 4 is 11.9 Å². The average Bonchev–Trinajstić information content (AvgIpc) is 2.40. The third-order valence-electron chi connectivity index (χ3n) is 3.72. The predicted molar refractivity (Wildman–Crippen MR) is 71.9 cm³/mol. The Morgan fingerprint density at radius 1 is 1.35 bits per heavy atom. The second-order valence-electron chi connectivity index (χ2n) is 5.52. The van der Waals surface area contributed by atoms with Gasteiger partial charge in [0.25, 0.3) is 5.91 Å². The minimum absolute atomic E-state index is 0.0169. The van der Waals surface area contributed by atoms with E-state index in [1.807, 2.05) is 6.92 Å². The standard InChI is InChI=1S/C15H18FNO3/c1-9-6-11(15(19)20)8-17(7-9)14(18)12-5-3-4-10(2)13(12)16/h3-5,9,11H,6-8H2,1-2H3,(H,19,20). The Labute approximate surface area is 117 Å². The van der Waals surface area contributed by atoms with Crippen LogP contribution in [0.5, 0.6) is 0 Å². The van der Waals surface area contributed by atoms with Gasteiger partial charge >= 0.3 is 5.97 Å². The minimum Gasteiger partial charge on any atom is -0.481 e. The lowest BCUT2D eigenvalue weighted by Gasteiger charge is -2.34. The summed E-state index contributed by atoms with van der Waals surface area (Å²) in [6.07, 6.45) is 0.551. The summed E-state index contributed by atoms with van der Waals surface area (Å²) in [4.78, 5) is 24.9. The van der Waals surface area contributed by atoms with Crippen molar-refractivity contribution in [2.45, 2.75) is 20.3 Å². The molecule has 1 aliphatic rings. The predicted octanol–water partition coefficient (Wildman–Crippen LogP) is 2.32. The molecular weight excluding hydrogens is 261 g/mol. The van der Waals surface area contributed by atoms with Crippen LogP contribution in [0, 0.1) is 24.6 Å². The molecule has 5 heteroatoms. The smallest absolute Gasteiger partial charge is 0.308 e. The van der Waals surface area contributed by atoms with Crippen molar-refractivity contribution in [2.75, 3.05) is 13.1 Å². The van der Waals surface area contributed by atoms with Gasteiger partial charge in [0.2, 0.25) is 0 Å². The van der Waals surface area contributed by atoms with Gasteiger partial charge in [-0.05, 0) is 30.9 Å². The summed E-state index contributed by atoms with van der Waals surface area (Å²) in [6.45, 7) is 4.12. The van der Waals surface area contributed by atoms with Gasteiger partial charge in [0, 0.05) is 13.1 Å². The van der Waals surface area contributed by atoms with Crippen LogP contribution in [0.1, 0.15) is 29.3 Å². The van der Waals surface area contributed by atoms with Gasteiger partial charge < -0.3 is 10.0 Å². The molecule has 1 N–H and O–H groups in total. The Hall–Kier alpha value is -1.91. The molecule has 0 saturated carbocycles. The van der Waals surface area contributed by atoms with Crippen molar-refractivity contribution in [3.05, 3.63) is 35.1 Å². The van der Waals surface area contributed by atoms with E-state index in [0.717, 1.165) is 0 Å². The number of carbonyl (C=O) groups is 2. The third kappa shape index (κ3) is 2.81. The van der Waals surface area contributed by atoms with Gasteiger partial charge in [-0.15, -0.1) is 0 Å². The van der Waals surface area contributed by atoms with Crippen molar-refractivity contribution in [3.63, 3.8) is 0 Å². The summed E-state index contributed by atoms with van der Waals surface area (Å²) in [5.41, 5.74) is 0.430. The van der Waals surface area contributed by atoms with Gasteiger partial charge in [-0.25, -0.2) is 4.39 Å². The molecule has 1 aromatic carbocycles. The van der Waals surface area contributed by atoms with Crippen LogP contribution in [0.25, 0.3) is 0 Å². The molecule has 1 aliphatic heterocycles. The number of halogens is 1.